The molecule has 146 valence electrons. The summed E-state index contributed by atoms with van der Waals surface area (Å²) >= 11 is 5.68. The lowest BCUT2D eigenvalue weighted by molar-refractivity contribution is -0.117. The van der Waals surface area contributed by atoms with E-state index in [1.54, 1.807) is 0 Å². The van der Waals surface area contributed by atoms with Gasteiger partial charge in [-0.15, -0.1) is 0 Å². The molecule has 1 heterocycles. The van der Waals surface area contributed by atoms with Crippen molar-refractivity contribution >= 4 is 34.6 Å². The minimum atomic E-state index is -0.0986. The van der Waals surface area contributed by atoms with Crippen molar-refractivity contribution in [3.05, 3.63) is 59.7 Å². The topological polar surface area (TPSA) is 44.4 Å². The average molecular weight is 394 g/mol. The van der Waals surface area contributed by atoms with Crippen molar-refractivity contribution < 1.29 is 4.79 Å². The van der Waals surface area contributed by atoms with Gasteiger partial charge in [-0.25, -0.2) is 0 Å². The van der Waals surface area contributed by atoms with Crippen molar-refractivity contribution in [3.8, 4) is 0 Å². The van der Waals surface area contributed by atoms with E-state index in [2.05, 4.69) is 41.8 Å². The summed E-state index contributed by atoms with van der Waals surface area (Å²) in [5.41, 5.74) is 4.33. The fourth-order valence-corrected chi connectivity index (χ4v) is 4.77. The van der Waals surface area contributed by atoms with Crippen LogP contribution in [0.2, 0.25) is 0 Å². The van der Waals surface area contributed by atoms with Crippen LogP contribution in [0.15, 0.2) is 48.5 Å². The molecule has 1 aliphatic carbocycles. The number of amides is 1. The van der Waals surface area contributed by atoms with E-state index in [-0.39, 0.29) is 11.4 Å². The Hall–Kier alpha value is -2.40. The van der Waals surface area contributed by atoms with Crippen LogP contribution in [-0.4, -0.2) is 17.6 Å². The molecule has 0 aromatic heterocycles. The maximum Gasteiger partial charge on any atom is 0.227 e. The Balaban J connectivity index is 1.50. The number of nitrogens with zero attached hydrogens (tertiary/aromatic N) is 1. The first kappa shape index (κ1) is 18.9. The monoisotopic (exact) mass is 393 g/mol. The summed E-state index contributed by atoms with van der Waals surface area (Å²) in [5.74, 6) is 0.196. The fraction of sp³-hybridized carbons (Fsp3) is 0.391. The highest BCUT2D eigenvalue weighted by atomic mass is 32.1. The van der Waals surface area contributed by atoms with Gasteiger partial charge in [-0.2, -0.15) is 0 Å². The molecule has 0 radical (unpaired) electrons. The number of anilines is 2. The summed E-state index contributed by atoms with van der Waals surface area (Å²) in [6.07, 6.45) is 6.14. The lowest BCUT2D eigenvalue weighted by Crippen LogP contribution is -2.45. The summed E-state index contributed by atoms with van der Waals surface area (Å²) in [7, 11) is 0. The largest absolute Gasteiger partial charge is 0.353 e. The Morgan fingerprint density at radius 2 is 1.86 bits per heavy atom. The van der Waals surface area contributed by atoms with Gasteiger partial charge in [-0.1, -0.05) is 48.7 Å². The predicted octanol–water partition coefficient (Wildman–Crippen LogP) is 4.88. The van der Waals surface area contributed by atoms with Crippen molar-refractivity contribution in [2.24, 2.45) is 0 Å². The van der Waals surface area contributed by atoms with Crippen LogP contribution in [0.25, 0.3) is 0 Å². The molecule has 1 saturated carbocycles. The van der Waals surface area contributed by atoms with E-state index in [4.69, 9.17) is 12.2 Å². The van der Waals surface area contributed by atoms with Crippen LogP contribution in [0, 0.1) is 6.92 Å². The van der Waals surface area contributed by atoms with Gasteiger partial charge >= 0.3 is 0 Å². The first-order chi connectivity index (χ1) is 13.6. The third-order valence-corrected chi connectivity index (χ3v) is 6.07. The van der Waals surface area contributed by atoms with Crippen LogP contribution in [0.5, 0.6) is 0 Å². The lowest BCUT2D eigenvalue weighted by Gasteiger charge is -2.33. The maximum absolute atomic E-state index is 12.0. The number of hydrogen-bond acceptors (Lipinski definition) is 2. The van der Waals surface area contributed by atoms with Gasteiger partial charge in [-0.3, -0.25) is 4.79 Å². The van der Waals surface area contributed by atoms with Crippen molar-refractivity contribution in [3.63, 3.8) is 0 Å². The van der Waals surface area contributed by atoms with Crippen molar-refractivity contribution in [2.75, 3.05) is 16.8 Å². The predicted molar refractivity (Wildman–Crippen MR) is 119 cm³/mol. The normalized spacial score (nSPS) is 18.3. The highest BCUT2D eigenvalue weighted by Gasteiger charge is 2.36. The van der Waals surface area contributed by atoms with Gasteiger partial charge in [0.25, 0.3) is 0 Å². The molecule has 0 atom stereocenters. The molecule has 2 aromatic rings. The second-order valence-electron chi connectivity index (χ2n) is 7.94. The number of benzene rings is 2. The maximum atomic E-state index is 12.0. The third-order valence-electron chi connectivity index (χ3n) is 5.87. The Labute approximate surface area is 172 Å². The van der Waals surface area contributed by atoms with Gasteiger partial charge in [0.2, 0.25) is 5.91 Å². The van der Waals surface area contributed by atoms with E-state index in [0.29, 0.717) is 11.5 Å². The zero-order valence-corrected chi connectivity index (χ0v) is 17.1. The van der Waals surface area contributed by atoms with Gasteiger partial charge in [0.15, 0.2) is 5.11 Å². The van der Waals surface area contributed by atoms with E-state index >= 15 is 0 Å². The number of rotatable bonds is 4. The summed E-state index contributed by atoms with van der Waals surface area (Å²) in [6.45, 7) is 2.93. The molecule has 1 amide bonds. The van der Waals surface area contributed by atoms with Crippen LogP contribution < -0.4 is 15.5 Å². The Kier molecular flexibility index (Phi) is 5.36. The molecule has 4 rings (SSSR count). The molecule has 1 saturated heterocycles. The molecular weight excluding hydrogens is 366 g/mol. The number of aryl methyl sites for hydroxylation is 1. The number of carbonyl (C=O) groups is 1. The molecule has 4 nitrogen and oxygen atoms in total. The quantitative estimate of drug-likeness (QED) is 0.727. The summed E-state index contributed by atoms with van der Waals surface area (Å²) in [4.78, 5) is 13.9. The van der Waals surface area contributed by atoms with Crippen LogP contribution in [0.4, 0.5) is 11.4 Å². The Bertz CT molecular complexity index is 889. The molecule has 5 heteroatoms. The van der Waals surface area contributed by atoms with Crippen LogP contribution >= 0.6 is 12.2 Å². The van der Waals surface area contributed by atoms with Gasteiger partial charge in [-0.05, 0) is 62.2 Å². The molecule has 2 N–H and O–H groups in total. The Morgan fingerprint density at radius 1 is 1.07 bits per heavy atom. The first-order valence-electron chi connectivity index (χ1n) is 10.1. The van der Waals surface area contributed by atoms with E-state index < -0.39 is 0 Å². The minimum absolute atomic E-state index is 0.0986. The second kappa shape index (κ2) is 7.92. The van der Waals surface area contributed by atoms with E-state index in [0.717, 1.165) is 37.2 Å². The molecule has 0 unspecified atom stereocenters. The summed E-state index contributed by atoms with van der Waals surface area (Å²) in [6, 6.07) is 16.7. The van der Waals surface area contributed by atoms with Crippen LogP contribution in [0.3, 0.4) is 0 Å². The molecule has 2 aromatic carbocycles. The zero-order chi connectivity index (χ0) is 19.6. The minimum Gasteiger partial charge on any atom is -0.353 e. The molecule has 1 aliphatic heterocycles. The Morgan fingerprint density at radius 3 is 2.57 bits per heavy atom. The van der Waals surface area contributed by atoms with Crippen molar-refractivity contribution in [1.29, 1.82) is 0 Å². The molecule has 28 heavy (non-hydrogen) atoms. The average Bonchev–Trinajstić information content (AvgIpc) is 3.31. The smallest absolute Gasteiger partial charge is 0.227 e. The summed E-state index contributed by atoms with van der Waals surface area (Å²) < 4.78 is 0. The standard InChI is InChI=1S/C23H27N3OS/c1-17-7-4-8-18(15-17)23(12-2-3-13-23)25-22(28)24-19-9-5-10-20(16-19)26-14-6-11-21(26)27/h4-5,7-10,15-16H,2-3,6,11-14H2,1H3,(H2,24,25,28). The molecule has 2 aliphatic rings. The van der Waals surface area contributed by atoms with Crippen molar-refractivity contribution in [1.82, 2.24) is 5.32 Å². The van der Waals surface area contributed by atoms with Gasteiger partial charge in [0.05, 0.1) is 5.54 Å². The van der Waals surface area contributed by atoms with Gasteiger partial charge in [0.1, 0.15) is 0 Å². The molecule has 2 fully saturated rings. The fourth-order valence-electron chi connectivity index (χ4n) is 4.46. The highest BCUT2D eigenvalue weighted by molar-refractivity contribution is 7.80. The second-order valence-corrected chi connectivity index (χ2v) is 8.35. The van der Waals surface area contributed by atoms with E-state index in [1.807, 2.05) is 29.2 Å². The number of carbonyl (C=O) groups excluding carboxylic acids is 1. The highest BCUT2D eigenvalue weighted by Crippen LogP contribution is 2.39. The summed E-state index contributed by atoms with van der Waals surface area (Å²) in [5, 5.41) is 7.59. The molecule has 0 spiro atoms. The van der Waals surface area contributed by atoms with E-state index in [1.165, 1.54) is 24.0 Å². The SMILES string of the molecule is Cc1cccc(C2(NC(=S)Nc3cccc(N4CCCC4=O)c3)CCCC2)c1. The number of hydrogen-bond donors (Lipinski definition) is 2. The van der Waals surface area contributed by atoms with E-state index in [9.17, 15) is 4.79 Å². The molecule has 0 bridgehead atoms. The van der Waals surface area contributed by atoms with Crippen LogP contribution in [-0.2, 0) is 10.3 Å². The van der Waals surface area contributed by atoms with Crippen molar-refractivity contribution in [2.45, 2.75) is 51.0 Å². The molecular formula is C23H27N3OS. The lowest BCUT2D eigenvalue weighted by atomic mass is 9.87. The zero-order valence-electron chi connectivity index (χ0n) is 16.3. The first-order valence-corrected chi connectivity index (χ1v) is 10.5. The number of thiocarbonyl (C=S) groups is 1. The van der Waals surface area contributed by atoms with Crippen LogP contribution in [0.1, 0.15) is 49.7 Å². The third kappa shape index (κ3) is 3.90. The number of nitrogens with one attached hydrogen (secondary N) is 2. The van der Waals surface area contributed by atoms with Gasteiger partial charge < -0.3 is 15.5 Å². The van der Waals surface area contributed by atoms with Gasteiger partial charge in [0, 0.05) is 24.3 Å².